The molecule has 0 radical (unpaired) electrons. The summed E-state index contributed by atoms with van der Waals surface area (Å²) in [5, 5.41) is 15.4. The molecular formula is C17H20N6O. The second-order valence-electron chi connectivity index (χ2n) is 5.46. The number of aromatic nitrogens is 2. The molecule has 7 heteroatoms. The zero-order chi connectivity index (χ0) is 16.6. The van der Waals surface area contributed by atoms with Crippen molar-refractivity contribution in [2.75, 3.05) is 50.0 Å². The summed E-state index contributed by atoms with van der Waals surface area (Å²) >= 11 is 0. The van der Waals surface area contributed by atoms with Crippen molar-refractivity contribution in [1.82, 2.24) is 14.9 Å². The van der Waals surface area contributed by atoms with E-state index in [2.05, 4.69) is 31.6 Å². The van der Waals surface area contributed by atoms with E-state index in [1.807, 2.05) is 18.2 Å². The van der Waals surface area contributed by atoms with Crippen LogP contribution in [0.4, 0.5) is 17.5 Å². The molecule has 0 aliphatic carbocycles. The number of hydrogen-bond donors (Lipinski definition) is 2. The Kier molecular flexibility index (Phi) is 5.56. The molecule has 1 fully saturated rings. The zero-order valence-electron chi connectivity index (χ0n) is 13.4. The maximum absolute atomic E-state index is 8.95. The van der Waals surface area contributed by atoms with E-state index in [1.54, 1.807) is 18.3 Å². The second-order valence-corrected chi connectivity index (χ2v) is 5.46. The normalized spacial score (nSPS) is 14.8. The maximum atomic E-state index is 8.95. The fourth-order valence-corrected chi connectivity index (χ4v) is 2.48. The molecule has 124 valence electrons. The van der Waals surface area contributed by atoms with E-state index >= 15 is 0 Å². The summed E-state index contributed by atoms with van der Waals surface area (Å²) in [5.74, 6) is 1.28. The third-order valence-electron chi connectivity index (χ3n) is 3.74. The lowest BCUT2D eigenvalue weighted by molar-refractivity contribution is 0.0398. The standard InChI is InChI=1S/C17H20N6O/c18-13-14-2-1-3-15(12-14)21-17-20-5-4-16(22-17)19-6-7-23-8-10-24-11-9-23/h1-5,12H,6-11H2,(H2,19,20,21,22). The fourth-order valence-electron chi connectivity index (χ4n) is 2.48. The number of nitrogens with one attached hydrogen (secondary N) is 2. The Balaban J connectivity index is 1.54. The summed E-state index contributed by atoms with van der Waals surface area (Å²) in [7, 11) is 0. The lowest BCUT2D eigenvalue weighted by Crippen LogP contribution is -2.39. The topological polar surface area (TPSA) is 86.1 Å². The van der Waals surface area contributed by atoms with Crippen LogP contribution < -0.4 is 10.6 Å². The minimum Gasteiger partial charge on any atom is -0.379 e. The van der Waals surface area contributed by atoms with Gasteiger partial charge in [-0.2, -0.15) is 10.2 Å². The van der Waals surface area contributed by atoms with Crippen LogP contribution in [-0.4, -0.2) is 54.3 Å². The highest BCUT2D eigenvalue weighted by atomic mass is 16.5. The molecule has 1 aromatic carbocycles. The predicted molar refractivity (Wildman–Crippen MR) is 92.2 cm³/mol. The van der Waals surface area contributed by atoms with Crippen molar-refractivity contribution in [3.8, 4) is 6.07 Å². The molecule has 2 heterocycles. The molecule has 0 bridgehead atoms. The quantitative estimate of drug-likeness (QED) is 0.838. The van der Waals surface area contributed by atoms with E-state index in [-0.39, 0.29) is 0 Å². The first-order valence-electron chi connectivity index (χ1n) is 7.98. The van der Waals surface area contributed by atoms with Gasteiger partial charge >= 0.3 is 0 Å². The predicted octanol–water partition coefficient (Wildman–Crippen LogP) is 1.84. The van der Waals surface area contributed by atoms with Crippen molar-refractivity contribution in [2.45, 2.75) is 0 Å². The van der Waals surface area contributed by atoms with Gasteiger partial charge in [0.2, 0.25) is 5.95 Å². The number of anilines is 3. The summed E-state index contributed by atoms with van der Waals surface area (Å²) in [6, 6.07) is 11.2. The van der Waals surface area contributed by atoms with Crippen LogP contribution in [0.1, 0.15) is 5.56 Å². The molecular weight excluding hydrogens is 304 g/mol. The average molecular weight is 324 g/mol. The Morgan fingerprint density at radius 2 is 2.12 bits per heavy atom. The molecule has 0 atom stereocenters. The summed E-state index contributed by atoms with van der Waals surface area (Å²) < 4.78 is 5.34. The van der Waals surface area contributed by atoms with Gasteiger partial charge in [0.1, 0.15) is 5.82 Å². The van der Waals surface area contributed by atoms with Crippen molar-refractivity contribution in [3.05, 3.63) is 42.1 Å². The molecule has 0 spiro atoms. The van der Waals surface area contributed by atoms with Crippen LogP contribution in [0.25, 0.3) is 0 Å². The molecule has 0 saturated carbocycles. The SMILES string of the molecule is N#Cc1cccc(Nc2nccc(NCCN3CCOCC3)n2)c1. The lowest BCUT2D eigenvalue weighted by Gasteiger charge is -2.26. The Morgan fingerprint density at radius 1 is 1.25 bits per heavy atom. The van der Waals surface area contributed by atoms with Crippen molar-refractivity contribution in [2.24, 2.45) is 0 Å². The number of nitrogens with zero attached hydrogens (tertiary/aromatic N) is 4. The summed E-state index contributed by atoms with van der Waals surface area (Å²) in [6.45, 7) is 5.36. The van der Waals surface area contributed by atoms with Gasteiger partial charge in [-0.05, 0) is 24.3 Å². The van der Waals surface area contributed by atoms with Gasteiger partial charge in [0.25, 0.3) is 0 Å². The van der Waals surface area contributed by atoms with Crippen LogP contribution in [0.5, 0.6) is 0 Å². The third-order valence-corrected chi connectivity index (χ3v) is 3.74. The van der Waals surface area contributed by atoms with Crippen LogP contribution >= 0.6 is 0 Å². The van der Waals surface area contributed by atoms with Gasteiger partial charge in [0, 0.05) is 38.1 Å². The van der Waals surface area contributed by atoms with Gasteiger partial charge in [-0.15, -0.1) is 0 Å². The van der Waals surface area contributed by atoms with Crippen molar-refractivity contribution < 1.29 is 4.74 Å². The van der Waals surface area contributed by atoms with E-state index in [1.165, 1.54) is 0 Å². The minimum atomic E-state index is 0.501. The van der Waals surface area contributed by atoms with Crippen molar-refractivity contribution in [1.29, 1.82) is 5.26 Å². The fraction of sp³-hybridized carbons (Fsp3) is 0.353. The molecule has 0 amide bonds. The van der Waals surface area contributed by atoms with E-state index in [0.717, 1.165) is 50.9 Å². The molecule has 1 saturated heterocycles. The van der Waals surface area contributed by atoms with Gasteiger partial charge in [-0.1, -0.05) is 6.07 Å². The van der Waals surface area contributed by atoms with Crippen molar-refractivity contribution in [3.63, 3.8) is 0 Å². The van der Waals surface area contributed by atoms with Gasteiger partial charge in [0.05, 0.1) is 24.8 Å². The first-order valence-corrected chi connectivity index (χ1v) is 7.98. The van der Waals surface area contributed by atoms with E-state index in [0.29, 0.717) is 11.5 Å². The van der Waals surface area contributed by atoms with Crippen LogP contribution in [0.2, 0.25) is 0 Å². The largest absolute Gasteiger partial charge is 0.379 e. The smallest absolute Gasteiger partial charge is 0.229 e. The van der Waals surface area contributed by atoms with Crippen LogP contribution in [0.3, 0.4) is 0 Å². The van der Waals surface area contributed by atoms with E-state index in [4.69, 9.17) is 10.00 Å². The monoisotopic (exact) mass is 324 g/mol. The van der Waals surface area contributed by atoms with Crippen LogP contribution in [0, 0.1) is 11.3 Å². The third kappa shape index (κ3) is 4.65. The number of nitriles is 1. The summed E-state index contributed by atoms with van der Waals surface area (Å²) in [6.07, 6.45) is 1.71. The molecule has 24 heavy (non-hydrogen) atoms. The Hall–Kier alpha value is -2.69. The van der Waals surface area contributed by atoms with E-state index < -0.39 is 0 Å². The molecule has 1 aliphatic rings. The first kappa shape index (κ1) is 16.2. The van der Waals surface area contributed by atoms with Crippen LogP contribution in [-0.2, 0) is 4.74 Å². The Morgan fingerprint density at radius 3 is 2.96 bits per heavy atom. The number of ether oxygens (including phenoxy) is 1. The lowest BCUT2D eigenvalue weighted by atomic mass is 10.2. The number of hydrogen-bond acceptors (Lipinski definition) is 7. The van der Waals surface area contributed by atoms with Gasteiger partial charge in [-0.3, -0.25) is 4.90 Å². The summed E-state index contributed by atoms with van der Waals surface area (Å²) in [4.78, 5) is 11.0. The number of benzene rings is 1. The zero-order valence-corrected chi connectivity index (χ0v) is 13.4. The van der Waals surface area contributed by atoms with Crippen molar-refractivity contribution >= 4 is 17.5 Å². The van der Waals surface area contributed by atoms with Crippen LogP contribution in [0.15, 0.2) is 36.5 Å². The van der Waals surface area contributed by atoms with Gasteiger partial charge in [-0.25, -0.2) is 4.98 Å². The highest BCUT2D eigenvalue weighted by Crippen LogP contribution is 2.15. The molecule has 7 nitrogen and oxygen atoms in total. The molecule has 2 N–H and O–H groups in total. The minimum absolute atomic E-state index is 0.501. The Labute approximate surface area is 141 Å². The molecule has 1 aromatic heterocycles. The number of rotatable bonds is 6. The number of morpholine rings is 1. The highest BCUT2D eigenvalue weighted by molar-refractivity contribution is 5.57. The summed E-state index contributed by atoms with van der Waals surface area (Å²) in [5.41, 5.74) is 1.39. The molecule has 1 aliphatic heterocycles. The molecule has 3 rings (SSSR count). The first-order chi connectivity index (χ1) is 11.8. The molecule has 2 aromatic rings. The van der Waals surface area contributed by atoms with Gasteiger partial charge in [0.15, 0.2) is 0 Å². The second kappa shape index (κ2) is 8.24. The highest BCUT2D eigenvalue weighted by Gasteiger charge is 2.09. The average Bonchev–Trinajstić information content (AvgIpc) is 2.63. The molecule has 0 unspecified atom stereocenters. The maximum Gasteiger partial charge on any atom is 0.229 e. The van der Waals surface area contributed by atoms with Gasteiger partial charge < -0.3 is 15.4 Å². The Bertz CT molecular complexity index is 708. The van der Waals surface area contributed by atoms with E-state index in [9.17, 15) is 0 Å².